The molecule has 0 aromatic carbocycles. The fraction of sp³-hybridized carbons (Fsp3) is 0.250. The molecule has 1 amide bonds. The Balaban J connectivity index is 3.54. The molecule has 8 N–H and O–H groups in total. The fourth-order valence-electron chi connectivity index (χ4n) is 1.96. The number of anilines is 1. The lowest BCUT2D eigenvalue weighted by Gasteiger charge is -2.20. The van der Waals surface area contributed by atoms with Gasteiger partial charge in [-0.05, 0) is 0 Å². The summed E-state index contributed by atoms with van der Waals surface area (Å²) in [6.45, 7) is -1.25. The molecule has 0 aliphatic rings. The highest BCUT2D eigenvalue weighted by Crippen LogP contribution is 2.36. The number of carbonyl (C=O) groups excluding carboxylic acids is 4. The summed E-state index contributed by atoms with van der Waals surface area (Å²) < 4.78 is 0. The zero-order valence-corrected chi connectivity index (χ0v) is 14.3. The highest BCUT2D eigenvalue weighted by Gasteiger charge is 2.29. The molecular formula is C12H14N6O8S. The summed E-state index contributed by atoms with van der Waals surface area (Å²) in [4.78, 5) is 59.2. The van der Waals surface area contributed by atoms with Crippen molar-refractivity contribution in [3.8, 4) is 6.07 Å². The number of nitriles is 1. The predicted molar refractivity (Wildman–Crippen MR) is 85.0 cm³/mol. The van der Waals surface area contributed by atoms with Crippen LogP contribution in [0.3, 0.4) is 0 Å². The quantitative estimate of drug-likeness (QED) is 0.221. The van der Waals surface area contributed by atoms with Gasteiger partial charge in [-0.3, -0.25) is 14.8 Å². The van der Waals surface area contributed by atoms with Crippen molar-refractivity contribution in [3.05, 3.63) is 16.0 Å². The Kier molecular flexibility index (Phi) is 8.06. The Hall–Kier alpha value is -3.29. The van der Waals surface area contributed by atoms with Crippen LogP contribution in [0.15, 0.2) is 0 Å². The topological polar surface area (TPSA) is 233 Å². The summed E-state index contributed by atoms with van der Waals surface area (Å²) in [6.07, 6.45) is -0.602. The number of amides is 1. The van der Waals surface area contributed by atoms with Crippen LogP contribution < -0.4 is 28.1 Å². The highest BCUT2D eigenvalue weighted by atomic mass is 32.1. The van der Waals surface area contributed by atoms with Crippen LogP contribution in [-0.2, 0) is 35.3 Å². The molecule has 0 saturated heterocycles. The average molecular weight is 402 g/mol. The molecule has 1 heterocycles. The van der Waals surface area contributed by atoms with Crippen molar-refractivity contribution in [1.82, 2.24) is 5.48 Å². The fourth-order valence-corrected chi connectivity index (χ4v) is 3.12. The average Bonchev–Trinajstić information content (AvgIpc) is 3.04. The number of carbonyl (C=O) groups is 4. The number of nitrogens with two attached hydrogens (primary N) is 3. The SMILES string of the molecule is N#Cc1c(N(CC(=O)ON)CC(=O)ON)sc(C(=O)NO)c1CC(=O)ON. The molecular weight excluding hydrogens is 388 g/mol. The smallest absolute Gasteiger partial charge is 0.344 e. The van der Waals surface area contributed by atoms with E-state index in [1.807, 2.05) is 0 Å². The molecule has 1 rings (SSSR count). The molecule has 15 heteroatoms. The van der Waals surface area contributed by atoms with Crippen molar-refractivity contribution in [2.75, 3.05) is 18.0 Å². The lowest BCUT2D eigenvalue weighted by molar-refractivity contribution is -0.144. The van der Waals surface area contributed by atoms with Gasteiger partial charge in [-0.25, -0.2) is 15.1 Å². The van der Waals surface area contributed by atoms with Gasteiger partial charge in [-0.1, -0.05) is 0 Å². The minimum atomic E-state index is -1.05. The molecule has 0 radical (unpaired) electrons. The van der Waals surface area contributed by atoms with Crippen LogP contribution in [0.2, 0.25) is 0 Å². The molecule has 0 spiro atoms. The van der Waals surface area contributed by atoms with Crippen molar-refractivity contribution < 1.29 is 38.9 Å². The van der Waals surface area contributed by atoms with E-state index in [4.69, 9.17) is 22.9 Å². The minimum absolute atomic E-state index is 0.0910. The lowest BCUT2D eigenvalue weighted by atomic mass is 10.1. The standard InChI is InChI=1S/C12H14N6O8S/c13-2-6-5(1-7(19)24-14)10(11(22)17-23)27-12(6)18(3-8(20)25-15)4-9(21)26-16/h23H,1,3-4,14-16H2,(H,17,22). The van der Waals surface area contributed by atoms with Gasteiger partial charge in [0.15, 0.2) is 0 Å². The first-order valence-corrected chi connectivity index (χ1v) is 7.58. The summed E-state index contributed by atoms with van der Waals surface area (Å²) in [5.41, 5.74) is 0.960. The number of nitrogens with zero attached hydrogens (tertiary/aromatic N) is 2. The molecule has 0 bridgehead atoms. The first-order chi connectivity index (χ1) is 12.8. The third-order valence-corrected chi connectivity index (χ3v) is 4.34. The first kappa shape index (κ1) is 21.8. The van der Waals surface area contributed by atoms with Gasteiger partial charge in [-0.15, -0.1) is 11.3 Å². The van der Waals surface area contributed by atoms with E-state index in [0.717, 1.165) is 4.90 Å². The number of hydrogen-bond donors (Lipinski definition) is 5. The van der Waals surface area contributed by atoms with E-state index < -0.39 is 43.3 Å². The summed E-state index contributed by atoms with van der Waals surface area (Å²) >= 11 is 0.595. The first-order valence-electron chi connectivity index (χ1n) is 6.76. The van der Waals surface area contributed by atoms with Crippen molar-refractivity contribution in [3.63, 3.8) is 0 Å². The molecule has 27 heavy (non-hydrogen) atoms. The van der Waals surface area contributed by atoms with E-state index in [1.165, 1.54) is 5.48 Å². The van der Waals surface area contributed by atoms with E-state index in [2.05, 4.69) is 14.5 Å². The molecule has 0 fully saturated rings. The zero-order chi connectivity index (χ0) is 20.6. The summed E-state index contributed by atoms with van der Waals surface area (Å²) in [5, 5.41) is 18.2. The van der Waals surface area contributed by atoms with Crippen molar-refractivity contribution in [1.29, 1.82) is 5.26 Å². The second kappa shape index (κ2) is 10.0. The second-order valence-corrected chi connectivity index (χ2v) is 5.64. The Morgan fingerprint density at radius 2 is 1.59 bits per heavy atom. The molecule has 0 aliphatic carbocycles. The van der Waals surface area contributed by atoms with E-state index >= 15 is 0 Å². The van der Waals surface area contributed by atoms with E-state index in [9.17, 15) is 24.4 Å². The van der Waals surface area contributed by atoms with Gasteiger partial charge >= 0.3 is 17.9 Å². The maximum Gasteiger partial charge on any atom is 0.344 e. The van der Waals surface area contributed by atoms with Gasteiger partial charge in [0.1, 0.15) is 29.0 Å². The number of hydroxylamine groups is 1. The van der Waals surface area contributed by atoms with E-state index in [1.54, 1.807) is 6.07 Å². The number of thiophene rings is 1. The zero-order valence-electron chi connectivity index (χ0n) is 13.5. The number of nitrogens with one attached hydrogen (secondary N) is 1. The summed E-state index contributed by atoms with van der Waals surface area (Å²) in [7, 11) is 0. The van der Waals surface area contributed by atoms with E-state index in [0.29, 0.717) is 11.3 Å². The summed E-state index contributed by atoms with van der Waals surface area (Å²) in [6, 6.07) is 1.75. The van der Waals surface area contributed by atoms with Crippen LogP contribution >= 0.6 is 11.3 Å². The molecule has 146 valence electrons. The molecule has 0 saturated carbocycles. The van der Waals surface area contributed by atoms with Crippen molar-refractivity contribution >= 4 is 40.2 Å². The molecule has 0 unspecified atom stereocenters. The van der Waals surface area contributed by atoms with Crippen LogP contribution in [-0.4, -0.2) is 42.1 Å². The van der Waals surface area contributed by atoms with Crippen molar-refractivity contribution in [2.24, 2.45) is 17.7 Å². The third-order valence-electron chi connectivity index (χ3n) is 3.05. The minimum Gasteiger partial charge on any atom is -0.373 e. The number of hydrogen-bond acceptors (Lipinski definition) is 14. The third kappa shape index (κ3) is 5.34. The van der Waals surface area contributed by atoms with Crippen molar-refractivity contribution in [2.45, 2.75) is 6.42 Å². The Bertz CT molecular complexity index is 770. The van der Waals surface area contributed by atoms with Gasteiger partial charge in [0.2, 0.25) is 0 Å². The summed E-state index contributed by atoms with van der Waals surface area (Å²) in [5.74, 6) is 10.3. The maximum atomic E-state index is 11.9. The predicted octanol–water partition coefficient (Wildman–Crippen LogP) is -2.66. The van der Waals surface area contributed by atoms with E-state index in [-0.39, 0.29) is 21.0 Å². The van der Waals surface area contributed by atoms with Gasteiger partial charge in [0.25, 0.3) is 5.91 Å². The largest absolute Gasteiger partial charge is 0.373 e. The lowest BCUT2D eigenvalue weighted by Crippen LogP contribution is -2.37. The van der Waals surface area contributed by atoms with Gasteiger partial charge < -0.3 is 19.4 Å². The molecule has 0 atom stereocenters. The van der Waals surface area contributed by atoms with Crippen LogP contribution in [0.4, 0.5) is 5.00 Å². The molecule has 1 aromatic heterocycles. The molecule has 0 aliphatic heterocycles. The normalized spacial score (nSPS) is 9.74. The van der Waals surface area contributed by atoms with Crippen LogP contribution in [0.25, 0.3) is 0 Å². The Morgan fingerprint density at radius 1 is 1.07 bits per heavy atom. The highest BCUT2D eigenvalue weighted by molar-refractivity contribution is 7.18. The van der Waals surface area contributed by atoms with Crippen LogP contribution in [0.1, 0.15) is 20.8 Å². The number of rotatable bonds is 8. The maximum absolute atomic E-state index is 11.9. The Morgan fingerprint density at radius 3 is 2.00 bits per heavy atom. The Labute approximate surface area is 154 Å². The molecule has 1 aromatic rings. The molecule has 14 nitrogen and oxygen atoms in total. The second-order valence-electron chi connectivity index (χ2n) is 4.65. The van der Waals surface area contributed by atoms with Gasteiger partial charge in [-0.2, -0.15) is 23.0 Å². The monoisotopic (exact) mass is 402 g/mol. The van der Waals surface area contributed by atoms with Crippen LogP contribution in [0, 0.1) is 11.3 Å². The van der Waals surface area contributed by atoms with Gasteiger partial charge in [0.05, 0.1) is 12.0 Å². The van der Waals surface area contributed by atoms with Crippen LogP contribution in [0.5, 0.6) is 0 Å². The van der Waals surface area contributed by atoms with Gasteiger partial charge in [0, 0.05) is 5.56 Å².